The maximum atomic E-state index is 5.69. The van der Waals surface area contributed by atoms with E-state index in [0.717, 1.165) is 27.6 Å². The van der Waals surface area contributed by atoms with Crippen LogP contribution in [-0.2, 0) is 13.7 Å². The Morgan fingerprint density at radius 2 is 2.11 bits per heavy atom. The lowest BCUT2D eigenvalue weighted by Crippen LogP contribution is -2.04. The smallest absolute Gasteiger partial charge is 0.170 e. The molecular weight excluding hydrogens is 298 g/mol. The summed E-state index contributed by atoms with van der Waals surface area (Å²) in [7, 11) is 3.54. The van der Waals surface area contributed by atoms with Crippen LogP contribution in [0.2, 0.25) is 0 Å². The highest BCUT2D eigenvalue weighted by molar-refractivity contribution is 9.10. The van der Waals surface area contributed by atoms with Gasteiger partial charge in [-0.3, -0.25) is 0 Å². The van der Waals surface area contributed by atoms with E-state index in [1.807, 2.05) is 36.7 Å². The summed E-state index contributed by atoms with van der Waals surface area (Å²) >= 11 is 3.44. The molecule has 0 amide bonds. The monoisotopic (exact) mass is 311 g/mol. The van der Waals surface area contributed by atoms with Crippen LogP contribution >= 0.6 is 15.9 Å². The van der Waals surface area contributed by atoms with Crippen LogP contribution in [0.15, 0.2) is 22.7 Å². The van der Waals surface area contributed by atoms with Crippen molar-refractivity contribution in [3.63, 3.8) is 0 Å². The number of hydrogen-bond donors (Lipinski definition) is 0. The van der Waals surface area contributed by atoms with E-state index >= 15 is 0 Å². The number of benzene rings is 1. The zero-order valence-electron chi connectivity index (χ0n) is 10.5. The molecule has 1 aromatic carbocycles. The van der Waals surface area contributed by atoms with Crippen molar-refractivity contribution in [1.82, 2.24) is 14.8 Å². The first-order chi connectivity index (χ1) is 8.61. The Hall–Kier alpha value is -1.56. The van der Waals surface area contributed by atoms with Crippen molar-refractivity contribution in [2.45, 2.75) is 13.5 Å². The molecular formula is C12H14BrN3O2. The molecule has 0 fully saturated rings. The third-order valence-corrected chi connectivity index (χ3v) is 3.30. The molecule has 0 radical (unpaired) electrons. The summed E-state index contributed by atoms with van der Waals surface area (Å²) in [5, 5.41) is 8.02. The van der Waals surface area contributed by atoms with Crippen LogP contribution in [0.3, 0.4) is 0 Å². The summed E-state index contributed by atoms with van der Waals surface area (Å²) in [6.07, 6.45) is 0. The fourth-order valence-electron chi connectivity index (χ4n) is 1.44. The molecule has 18 heavy (non-hydrogen) atoms. The van der Waals surface area contributed by atoms with Crippen LogP contribution in [-0.4, -0.2) is 21.9 Å². The first kappa shape index (κ1) is 12.9. The summed E-state index contributed by atoms with van der Waals surface area (Å²) in [4.78, 5) is 0. The molecule has 6 heteroatoms. The Morgan fingerprint density at radius 3 is 2.67 bits per heavy atom. The third-order valence-electron chi connectivity index (χ3n) is 2.68. The normalized spacial score (nSPS) is 10.4. The topological polar surface area (TPSA) is 49.2 Å². The van der Waals surface area contributed by atoms with Crippen LogP contribution in [0.5, 0.6) is 11.5 Å². The number of ether oxygens (including phenoxy) is 2. The highest BCUT2D eigenvalue weighted by Gasteiger charge is 2.08. The molecule has 0 unspecified atom stereocenters. The molecule has 1 aromatic heterocycles. The molecule has 0 spiro atoms. The predicted octanol–water partition coefficient (Wildman–Crippen LogP) is 2.47. The SMILES string of the molecule is COc1ccc(OCc2nnc(C)n2C)c(Br)c1. The highest BCUT2D eigenvalue weighted by Crippen LogP contribution is 2.29. The molecule has 2 rings (SSSR count). The Balaban J connectivity index is 2.08. The van der Waals surface area contributed by atoms with Crippen LogP contribution < -0.4 is 9.47 Å². The average molecular weight is 312 g/mol. The molecule has 0 saturated carbocycles. The predicted molar refractivity (Wildman–Crippen MR) is 70.8 cm³/mol. The Kier molecular flexibility index (Phi) is 3.86. The molecule has 0 aliphatic heterocycles. The summed E-state index contributed by atoms with van der Waals surface area (Å²) in [5.41, 5.74) is 0. The van der Waals surface area contributed by atoms with Crippen LogP contribution in [0.1, 0.15) is 11.6 Å². The number of rotatable bonds is 4. The van der Waals surface area contributed by atoms with Crippen molar-refractivity contribution in [2.75, 3.05) is 7.11 Å². The van der Waals surface area contributed by atoms with Crippen LogP contribution in [0.25, 0.3) is 0 Å². The van der Waals surface area contributed by atoms with Gasteiger partial charge in [0.25, 0.3) is 0 Å². The van der Waals surface area contributed by atoms with Crippen molar-refractivity contribution < 1.29 is 9.47 Å². The van der Waals surface area contributed by atoms with Gasteiger partial charge in [-0.2, -0.15) is 0 Å². The second-order valence-corrected chi connectivity index (χ2v) is 4.66. The second-order valence-electron chi connectivity index (χ2n) is 3.81. The summed E-state index contributed by atoms with van der Waals surface area (Å²) < 4.78 is 13.6. The van der Waals surface area contributed by atoms with Gasteiger partial charge in [-0.15, -0.1) is 10.2 Å². The van der Waals surface area contributed by atoms with E-state index in [9.17, 15) is 0 Å². The van der Waals surface area contributed by atoms with E-state index in [4.69, 9.17) is 9.47 Å². The molecule has 5 nitrogen and oxygen atoms in total. The summed E-state index contributed by atoms with van der Waals surface area (Å²) in [5.74, 6) is 3.18. The van der Waals surface area contributed by atoms with Gasteiger partial charge in [-0.25, -0.2) is 0 Å². The molecule has 0 aliphatic carbocycles. The molecule has 0 bridgehead atoms. The molecule has 1 heterocycles. The van der Waals surface area contributed by atoms with E-state index < -0.39 is 0 Å². The number of aryl methyl sites for hydroxylation is 1. The third kappa shape index (κ3) is 2.64. The van der Waals surface area contributed by atoms with E-state index in [2.05, 4.69) is 26.1 Å². The van der Waals surface area contributed by atoms with E-state index in [-0.39, 0.29) is 0 Å². The Bertz CT molecular complexity index is 554. The van der Waals surface area contributed by atoms with Crippen molar-refractivity contribution >= 4 is 15.9 Å². The minimum absolute atomic E-state index is 0.377. The first-order valence-electron chi connectivity index (χ1n) is 5.43. The lowest BCUT2D eigenvalue weighted by molar-refractivity contribution is 0.288. The van der Waals surface area contributed by atoms with Crippen molar-refractivity contribution in [3.8, 4) is 11.5 Å². The quantitative estimate of drug-likeness (QED) is 0.870. The molecule has 0 aliphatic rings. The van der Waals surface area contributed by atoms with Gasteiger partial charge < -0.3 is 14.0 Å². The Morgan fingerprint density at radius 1 is 1.33 bits per heavy atom. The Labute approximate surface area is 114 Å². The average Bonchev–Trinajstić information content (AvgIpc) is 2.68. The number of methoxy groups -OCH3 is 1. The minimum Gasteiger partial charge on any atom is -0.497 e. The molecule has 0 N–H and O–H groups in total. The van der Waals surface area contributed by atoms with Crippen molar-refractivity contribution in [2.24, 2.45) is 7.05 Å². The first-order valence-corrected chi connectivity index (χ1v) is 6.22. The maximum absolute atomic E-state index is 5.69. The highest BCUT2D eigenvalue weighted by atomic mass is 79.9. The van der Waals surface area contributed by atoms with Crippen LogP contribution in [0, 0.1) is 6.92 Å². The fraction of sp³-hybridized carbons (Fsp3) is 0.333. The van der Waals surface area contributed by atoms with E-state index in [0.29, 0.717) is 6.61 Å². The zero-order chi connectivity index (χ0) is 13.1. The largest absolute Gasteiger partial charge is 0.497 e. The molecule has 2 aromatic rings. The number of nitrogens with zero attached hydrogens (tertiary/aromatic N) is 3. The van der Waals surface area contributed by atoms with Gasteiger partial charge in [0.1, 0.15) is 23.9 Å². The van der Waals surface area contributed by atoms with Gasteiger partial charge in [0.05, 0.1) is 11.6 Å². The van der Waals surface area contributed by atoms with Gasteiger partial charge in [-0.05, 0) is 41.1 Å². The lowest BCUT2D eigenvalue weighted by atomic mass is 10.3. The standard InChI is InChI=1S/C12H14BrN3O2/c1-8-14-15-12(16(8)2)7-18-11-5-4-9(17-3)6-10(11)13/h4-6H,7H2,1-3H3. The van der Waals surface area contributed by atoms with Gasteiger partial charge in [0, 0.05) is 7.05 Å². The molecule has 0 saturated heterocycles. The summed E-state index contributed by atoms with van der Waals surface area (Å²) in [6.45, 7) is 2.28. The summed E-state index contributed by atoms with van der Waals surface area (Å²) in [6, 6.07) is 5.56. The number of aromatic nitrogens is 3. The molecule has 0 atom stereocenters. The second kappa shape index (κ2) is 5.39. The fourth-order valence-corrected chi connectivity index (χ4v) is 1.92. The van der Waals surface area contributed by atoms with Gasteiger partial charge in [0.15, 0.2) is 5.82 Å². The number of halogens is 1. The lowest BCUT2D eigenvalue weighted by Gasteiger charge is -2.09. The van der Waals surface area contributed by atoms with E-state index in [1.165, 1.54) is 0 Å². The van der Waals surface area contributed by atoms with Crippen molar-refractivity contribution in [3.05, 3.63) is 34.3 Å². The number of hydrogen-bond acceptors (Lipinski definition) is 4. The van der Waals surface area contributed by atoms with Crippen molar-refractivity contribution in [1.29, 1.82) is 0 Å². The van der Waals surface area contributed by atoms with Gasteiger partial charge in [0.2, 0.25) is 0 Å². The van der Waals surface area contributed by atoms with Gasteiger partial charge >= 0.3 is 0 Å². The van der Waals surface area contributed by atoms with Crippen LogP contribution in [0.4, 0.5) is 0 Å². The maximum Gasteiger partial charge on any atom is 0.170 e. The van der Waals surface area contributed by atoms with E-state index in [1.54, 1.807) is 7.11 Å². The molecule has 96 valence electrons. The van der Waals surface area contributed by atoms with Gasteiger partial charge in [-0.1, -0.05) is 0 Å². The zero-order valence-corrected chi connectivity index (χ0v) is 12.1. The minimum atomic E-state index is 0.377.